The molecule has 3 nitrogen and oxygen atoms in total. The van der Waals surface area contributed by atoms with Crippen LogP contribution in [0.4, 0.5) is 5.69 Å². The molecule has 0 amide bonds. The Labute approximate surface area is 100 Å². The van der Waals surface area contributed by atoms with Gasteiger partial charge in [-0.15, -0.1) is 0 Å². The lowest BCUT2D eigenvalue weighted by Crippen LogP contribution is -1.92. The van der Waals surface area contributed by atoms with E-state index in [1.54, 1.807) is 12.1 Å². The van der Waals surface area contributed by atoms with Gasteiger partial charge in [-0.3, -0.25) is 0 Å². The summed E-state index contributed by atoms with van der Waals surface area (Å²) in [6, 6.07) is 8.91. The van der Waals surface area contributed by atoms with Crippen molar-refractivity contribution in [3.8, 4) is 11.4 Å². The van der Waals surface area contributed by atoms with Crippen LogP contribution in [-0.4, -0.2) is 9.97 Å². The van der Waals surface area contributed by atoms with Crippen molar-refractivity contribution in [2.45, 2.75) is 0 Å². The van der Waals surface area contributed by atoms with Crippen molar-refractivity contribution in [2.24, 2.45) is 0 Å². The van der Waals surface area contributed by atoms with Crippen LogP contribution in [0.1, 0.15) is 0 Å². The van der Waals surface area contributed by atoms with Crippen LogP contribution in [0.3, 0.4) is 0 Å². The third-order valence-corrected chi connectivity index (χ3v) is 2.43. The molecule has 5 heteroatoms. The molecule has 2 N–H and O–H groups in total. The van der Waals surface area contributed by atoms with E-state index in [0.29, 0.717) is 16.5 Å². The number of nitrogen functional groups attached to an aromatic ring is 1. The molecule has 0 saturated carbocycles. The Morgan fingerprint density at radius 1 is 1.13 bits per heavy atom. The maximum absolute atomic E-state index is 5.81. The van der Waals surface area contributed by atoms with E-state index in [1.807, 2.05) is 18.2 Å². The second kappa shape index (κ2) is 4.16. The standard InChI is InChI=1S/C10H7BrClN3/c11-9-3-1-2-7(14-9)8-4-6(13)5-10(12)15-8/h1-5H,(H2,13,15). The van der Waals surface area contributed by atoms with Crippen LogP contribution in [0.5, 0.6) is 0 Å². The van der Waals surface area contributed by atoms with Crippen molar-refractivity contribution in [2.75, 3.05) is 5.73 Å². The highest BCUT2D eigenvalue weighted by molar-refractivity contribution is 9.10. The number of aromatic nitrogens is 2. The number of hydrogen-bond acceptors (Lipinski definition) is 3. The molecular formula is C10H7BrClN3. The van der Waals surface area contributed by atoms with Gasteiger partial charge in [0.2, 0.25) is 0 Å². The van der Waals surface area contributed by atoms with E-state index >= 15 is 0 Å². The summed E-state index contributed by atoms with van der Waals surface area (Å²) in [5, 5.41) is 0.367. The number of nitrogens with two attached hydrogens (primary N) is 1. The summed E-state index contributed by atoms with van der Waals surface area (Å²) in [5.41, 5.74) is 7.65. The quantitative estimate of drug-likeness (QED) is 0.819. The van der Waals surface area contributed by atoms with Gasteiger partial charge in [-0.05, 0) is 40.2 Å². The topological polar surface area (TPSA) is 51.8 Å². The first-order valence-corrected chi connectivity index (χ1v) is 5.38. The molecule has 2 rings (SSSR count). The van der Waals surface area contributed by atoms with E-state index < -0.39 is 0 Å². The summed E-state index contributed by atoms with van der Waals surface area (Å²) in [5.74, 6) is 0. The van der Waals surface area contributed by atoms with Gasteiger partial charge in [0.15, 0.2) is 0 Å². The molecule has 0 unspecified atom stereocenters. The first kappa shape index (κ1) is 10.4. The zero-order valence-electron chi connectivity index (χ0n) is 7.61. The fraction of sp³-hybridized carbons (Fsp3) is 0. The Kier molecular flexibility index (Phi) is 2.88. The number of rotatable bonds is 1. The van der Waals surface area contributed by atoms with Crippen LogP contribution in [-0.2, 0) is 0 Å². The van der Waals surface area contributed by atoms with Gasteiger partial charge in [0.1, 0.15) is 9.76 Å². The van der Waals surface area contributed by atoms with Crippen LogP contribution in [0.25, 0.3) is 11.4 Å². The average Bonchev–Trinajstić information content (AvgIpc) is 2.16. The number of pyridine rings is 2. The molecule has 2 aromatic rings. The van der Waals surface area contributed by atoms with E-state index in [1.165, 1.54) is 0 Å². The fourth-order valence-corrected chi connectivity index (χ4v) is 1.76. The third-order valence-electron chi connectivity index (χ3n) is 1.79. The molecule has 0 saturated heterocycles. The van der Waals surface area contributed by atoms with Gasteiger partial charge in [-0.2, -0.15) is 0 Å². The Hall–Kier alpha value is -1.13. The zero-order valence-corrected chi connectivity index (χ0v) is 9.96. The van der Waals surface area contributed by atoms with Crippen molar-refractivity contribution in [3.05, 3.63) is 40.1 Å². The van der Waals surface area contributed by atoms with Gasteiger partial charge in [0, 0.05) is 5.69 Å². The molecule has 0 aliphatic heterocycles. The number of hydrogen-bond donors (Lipinski definition) is 1. The predicted octanol–water partition coefficient (Wildman–Crippen LogP) is 3.14. The second-order valence-corrected chi connectivity index (χ2v) is 4.15. The van der Waals surface area contributed by atoms with Crippen LogP contribution in [0.2, 0.25) is 5.15 Å². The Bertz CT molecular complexity index is 482. The van der Waals surface area contributed by atoms with Crippen LogP contribution in [0, 0.1) is 0 Å². The Morgan fingerprint density at radius 3 is 2.60 bits per heavy atom. The Balaban J connectivity index is 2.54. The summed E-state index contributed by atoms with van der Waals surface area (Å²) < 4.78 is 0.750. The van der Waals surface area contributed by atoms with Crippen molar-refractivity contribution >= 4 is 33.2 Å². The van der Waals surface area contributed by atoms with E-state index in [2.05, 4.69) is 25.9 Å². The van der Waals surface area contributed by atoms with Gasteiger partial charge in [0.25, 0.3) is 0 Å². The van der Waals surface area contributed by atoms with E-state index in [-0.39, 0.29) is 0 Å². The molecule has 0 aromatic carbocycles. The number of halogens is 2. The minimum Gasteiger partial charge on any atom is -0.399 e. The molecule has 76 valence electrons. The fourth-order valence-electron chi connectivity index (χ4n) is 1.20. The number of anilines is 1. The molecule has 0 aliphatic rings. The lowest BCUT2D eigenvalue weighted by atomic mass is 10.2. The normalized spacial score (nSPS) is 10.3. The SMILES string of the molecule is Nc1cc(Cl)nc(-c2cccc(Br)n2)c1. The van der Waals surface area contributed by atoms with E-state index in [4.69, 9.17) is 17.3 Å². The molecular weight excluding hydrogens is 277 g/mol. The molecule has 0 spiro atoms. The Morgan fingerprint density at radius 2 is 1.93 bits per heavy atom. The van der Waals surface area contributed by atoms with Crippen molar-refractivity contribution in [1.29, 1.82) is 0 Å². The minimum atomic E-state index is 0.367. The predicted molar refractivity (Wildman–Crippen MR) is 64.6 cm³/mol. The van der Waals surface area contributed by atoms with Gasteiger partial charge in [-0.1, -0.05) is 17.7 Å². The largest absolute Gasteiger partial charge is 0.399 e. The van der Waals surface area contributed by atoms with E-state index in [9.17, 15) is 0 Å². The van der Waals surface area contributed by atoms with Crippen LogP contribution < -0.4 is 5.73 Å². The molecule has 0 atom stereocenters. The molecule has 2 aromatic heterocycles. The second-order valence-electron chi connectivity index (χ2n) is 2.95. The van der Waals surface area contributed by atoms with Crippen molar-refractivity contribution in [1.82, 2.24) is 9.97 Å². The molecule has 0 radical (unpaired) electrons. The molecule has 0 bridgehead atoms. The molecule has 0 aliphatic carbocycles. The third kappa shape index (κ3) is 2.46. The molecule has 2 heterocycles. The smallest absolute Gasteiger partial charge is 0.131 e. The summed E-state index contributed by atoms with van der Waals surface area (Å²) in [7, 11) is 0. The van der Waals surface area contributed by atoms with Gasteiger partial charge in [0.05, 0.1) is 11.4 Å². The first-order chi connectivity index (χ1) is 7.15. The minimum absolute atomic E-state index is 0.367. The maximum Gasteiger partial charge on any atom is 0.131 e. The van der Waals surface area contributed by atoms with Gasteiger partial charge < -0.3 is 5.73 Å². The lowest BCUT2D eigenvalue weighted by Gasteiger charge is -2.02. The first-order valence-electron chi connectivity index (χ1n) is 4.21. The summed E-state index contributed by atoms with van der Waals surface area (Å²) in [4.78, 5) is 8.41. The zero-order chi connectivity index (χ0) is 10.8. The average molecular weight is 285 g/mol. The monoisotopic (exact) mass is 283 g/mol. The van der Waals surface area contributed by atoms with E-state index in [0.717, 1.165) is 10.3 Å². The molecule has 15 heavy (non-hydrogen) atoms. The van der Waals surface area contributed by atoms with Gasteiger partial charge >= 0.3 is 0 Å². The summed E-state index contributed by atoms with van der Waals surface area (Å²) >= 11 is 9.10. The maximum atomic E-state index is 5.81. The van der Waals surface area contributed by atoms with Crippen LogP contribution >= 0.6 is 27.5 Å². The summed E-state index contributed by atoms with van der Waals surface area (Å²) in [6.45, 7) is 0. The highest BCUT2D eigenvalue weighted by atomic mass is 79.9. The van der Waals surface area contributed by atoms with Crippen molar-refractivity contribution < 1.29 is 0 Å². The highest BCUT2D eigenvalue weighted by Gasteiger charge is 2.03. The highest BCUT2D eigenvalue weighted by Crippen LogP contribution is 2.21. The van der Waals surface area contributed by atoms with Gasteiger partial charge in [-0.25, -0.2) is 9.97 Å². The molecule has 0 fully saturated rings. The van der Waals surface area contributed by atoms with Crippen LogP contribution in [0.15, 0.2) is 34.9 Å². The number of nitrogens with zero attached hydrogens (tertiary/aromatic N) is 2. The summed E-state index contributed by atoms with van der Waals surface area (Å²) in [6.07, 6.45) is 0. The lowest BCUT2D eigenvalue weighted by molar-refractivity contribution is 1.22. The van der Waals surface area contributed by atoms with Crippen molar-refractivity contribution in [3.63, 3.8) is 0 Å².